The van der Waals surface area contributed by atoms with Crippen molar-refractivity contribution in [3.63, 3.8) is 0 Å². The fraction of sp³-hybridized carbons (Fsp3) is 0.0909. The van der Waals surface area contributed by atoms with Crippen LogP contribution in [-0.2, 0) is 13.1 Å². The second-order valence-electron chi connectivity index (χ2n) is 6.73. The number of pyridine rings is 1. The van der Waals surface area contributed by atoms with Crippen molar-refractivity contribution in [2.45, 2.75) is 13.1 Å². The molecule has 2 aromatic carbocycles. The van der Waals surface area contributed by atoms with Gasteiger partial charge in [-0.2, -0.15) is 0 Å². The number of carbonyl (C=O) groups excluding carboxylic acids is 2. The summed E-state index contributed by atoms with van der Waals surface area (Å²) < 4.78 is 0. The Morgan fingerprint density at radius 1 is 0.969 bits per heavy atom. The molecule has 8 nitrogen and oxygen atoms in total. The number of hydrogen-bond donors (Lipinski definition) is 5. The molecule has 0 bridgehead atoms. The Morgan fingerprint density at radius 3 is 2.34 bits per heavy atom. The molecule has 166 valence electrons. The number of amides is 2. The summed E-state index contributed by atoms with van der Waals surface area (Å²) >= 11 is 5.95. The van der Waals surface area contributed by atoms with E-state index in [4.69, 9.17) is 28.5 Å². The zero-order valence-electron chi connectivity index (χ0n) is 16.9. The second-order valence-corrected chi connectivity index (χ2v) is 7.17. The number of nitrogens with one attached hydrogen (secondary N) is 3. The van der Waals surface area contributed by atoms with Gasteiger partial charge in [0.1, 0.15) is 5.84 Å². The van der Waals surface area contributed by atoms with E-state index in [9.17, 15) is 9.59 Å². The van der Waals surface area contributed by atoms with Gasteiger partial charge in [-0.05, 0) is 42.0 Å². The number of carbonyl (C=O) groups is 2. The zero-order valence-corrected chi connectivity index (χ0v) is 18.5. The molecule has 0 radical (unpaired) electrons. The third-order valence-corrected chi connectivity index (χ3v) is 4.75. The van der Waals surface area contributed by atoms with Crippen LogP contribution in [0.3, 0.4) is 0 Å². The van der Waals surface area contributed by atoms with Crippen molar-refractivity contribution in [1.82, 2.24) is 10.3 Å². The topological polar surface area (TPSA) is 147 Å². The van der Waals surface area contributed by atoms with Crippen molar-refractivity contribution in [1.29, 1.82) is 5.41 Å². The van der Waals surface area contributed by atoms with Crippen molar-refractivity contribution in [3.8, 4) is 0 Å². The van der Waals surface area contributed by atoms with Gasteiger partial charge < -0.3 is 22.1 Å². The minimum absolute atomic E-state index is 0. The van der Waals surface area contributed by atoms with Crippen LogP contribution in [-0.4, -0.2) is 22.6 Å². The van der Waals surface area contributed by atoms with Crippen LogP contribution in [0.2, 0.25) is 5.02 Å². The van der Waals surface area contributed by atoms with Gasteiger partial charge in [0.25, 0.3) is 5.91 Å². The molecule has 0 fully saturated rings. The van der Waals surface area contributed by atoms with Gasteiger partial charge in [0.15, 0.2) is 0 Å². The molecular weight excluding hydrogens is 451 g/mol. The maximum absolute atomic E-state index is 12.4. The predicted octanol–water partition coefficient (Wildman–Crippen LogP) is 3.08. The third kappa shape index (κ3) is 6.44. The summed E-state index contributed by atoms with van der Waals surface area (Å²) in [7, 11) is 0. The maximum Gasteiger partial charge on any atom is 0.251 e. The predicted molar refractivity (Wildman–Crippen MR) is 127 cm³/mol. The summed E-state index contributed by atoms with van der Waals surface area (Å²) in [6, 6.07) is 15.2. The minimum atomic E-state index is -0.543. The first-order valence-corrected chi connectivity index (χ1v) is 9.71. The van der Waals surface area contributed by atoms with Gasteiger partial charge in [-0.15, -0.1) is 12.4 Å². The van der Waals surface area contributed by atoms with Gasteiger partial charge in [-0.1, -0.05) is 29.8 Å². The SMILES string of the molecule is Cl.N=C(N)c1ccc(CNC(=O)c2cccc(Cl)c2)c(NCc2ccc(C(N)=O)cn2)c1. The quantitative estimate of drug-likeness (QED) is 0.252. The van der Waals surface area contributed by atoms with Crippen molar-refractivity contribution in [2.24, 2.45) is 11.5 Å². The third-order valence-electron chi connectivity index (χ3n) is 4.52. The Hall–Kier alpha value is -3.62. The molecular formula is C22H22Cl2N6O2. The highest BCUT2D eigenvalue weighted by atomic mass is 35.5. The van der Waals surface area contributed by atoms with Crippen molar-refractivity contribution in [2.75, 3.05) is 5.32 Å². The van der Waals surface area contributed by atoms with E-state index in [0.717, 1.165) is 5.56 Å². The lowest BCUT2D eigenvalue weighted by atomic mass is 10.1. The molecule has 0 aliphatic rings. The minimum Gasteiger partial charge on any atom is -0.384 e. The Balaban J connectivity index is 0.00000363. The molecule has 32 heavy (non-hydrogen) atoms. The number of benzene rings is 2. The molecule has 0 aliphatic heterocycles. The van der Waals surface area contributed by atoms with Gasteiger partial charge >= 0.3 is 0 Å². The Morgan fingerprint density at radius 2 is 1.72 bits per heavy atom. The van der Waals surface area contributed by atoms with E-state index < -0.39 is 5.91 Å². The van der Waals surface area contributed by atoms with Crippen LogP contribution in [0.5, 0.6) is 0 Å². The molecule has 7 N–H and O–H groups in total. The number of rotatable bonds is 8. The summed E-state index contributed by atoms with van der Waals surface area (Å²) in [5.74, 6) is -0.867. The van der Waals surface area contributed by atoms with Crippen molar-refractivity contribution in [3.05, 3.63) is 93.8 Å². The molecule has 2 amide bonds. The van der Waals surface area contributed by atoms with Crippen LogP contribution in [0, 0.1) is 5.41 Å². The zero-order chi connectivity index (χ0) is 22.4. The van der Waals surface area contributed by atoms with Crippen molar-refractivity contribution >= 4 is 47.3 Å². The molecule has 3 aromatic rings. The Bertz CT molecular complexity index is 1140. The number of hydrogen-bond acceptors (Lipinski definition) is 5. The van der Waals surface area contributed by atoms with Crippen molar-refractivity contribution < 1.29 is 9.59 Å². The average molecular weight is 473 g/mol. The number of anilines is 1. The average Bonchev–Trinajstić information content (AvgIpc) is 2.76. The lowest BCUT2D eigenvalue weighted by Crippen LogP contribution is -2.23. The Kier molecular flexibility index (Phi) is 8.57. The molecule has 10 heteroatoms. The number of aromatic nitrogens is 1. The number of amidine groups is 1. The first-order valence-electron chi connectivity index (χ1n) is 9.33. The normalized spacial score (nSPS) is 10.0. The van der Waals surface area contributed by atoms with Crippen LogP contribution < -0.4 is 22.1 Å². The van der Waals surface area contributed by atoms with E-state index in [1.54, 1.807) is 54.6 Å². The number of nitrogens with two attached hydrogens (primary N) is 2. The van der Waals surface area contributed by atoms with Gasteiger partial charge in [-0.3, -0.25) is 20.0 Å². The molecule has 1 aromatic heterocycles. The van der Waals surface area contributed by atoms with Crippen LogP contribution in [0.15, 0.2) is 60.8 Å². The maximum atomic E-state index is 12.4. The summed E-state index contributed by atoms with van der Waals surface area (Å²) in [4.78, 5) is 27.8. The number of nitrogens with zero attached hydrogens (tertiary/aromatic N) is 1. The fourth-order valence-electron chi connectivity index (χ4n) is 2.83. The van der Waals surface area contributed by atoms with Crippen LogP contribution in [0.1, 0.15) is 37.5 Å². The molecule has 1 heterocycles. The van der Waals surface area contributed by atoms with Gasteiger partial charge in [-0.25, -0.2) is 0 Å². The van der Waals surface area contributed by atoms with Gasteiger partial charge in [0, 0.05) is 34.6 Å². The van der Waals surface area contributed by atoms with Gasteiger partial charge in [0.05, 0.1) is 17.8 Å². The number of nitrogen functional groups attached to an aromatic ring is 1. The highest BCUT2D eigenvalue weighted by Gasteiger charge is 2.10. The summed E-state index contributed by atoms with van der Waals surface area (Å²) in [5, 5.41) is 14.3. The lowest BCUT2D eigenvalue weighted by molar-refractivity contribution is 0.0949. The molecule has 0 aliphatic carbocycles. The van der Waals surface area contributed by atoms with E-state index in [1.165, 1.54) is 6.20 Å². The van der Waals surface area contributed by atoms with E-state index in [1.807, 2.05) is 0 Å². The molecule has 0 atom stereocenters. The van der Waals surface area contributed by atoms with E-state index in [-0.39, 0.29) is 30.7 Å². The summed E-state index contributed by atoms with van der Waals surface area (Å²) in [5.41, 5.74) is 14.4. The highest BCUT2D eigenvalue weighted by molar-refractivity contribution is 6.30. The van der Waals surface area contributed by atoms with Crippen LogP contribution >= 0.6 is 24.0 Å². The largest absolute Gasteiger partial charge is 0.384 e. The second kappa shape index (κ2) is 11.1. The van der Waals surface area contributed by atoms with Gasteiger partial charge in [0.2, 0.25) is 5.91 Å². The molecule has 3 rings (SSSR count). The monoisotopic (exact) mass is 472 g/mol. The van der Waals surface area contributed by atoms with E-state index in [0.29, 0.717) is 39.6 Å². The number of halogens is 2. The van der Waals surface area contributed by atoms with Crippen LogP contribution in [0.4, 0.5) is 5.69 Å². The molecule has 0 saturated heterocycles. The van der Waals surface area contributed by atoms with E-state index >= 15 is 0 Å². The first-order chi connectivity index (χ1) is 14.8. The summed E-state index contributed by atoms with van der Waals surface area (Å²) in [6.45, 7) is 0.607. The standard InChI is InChI=1S/C22H21ClN6O2.ClH/c23-17-3-1-2-14(8-17)22(31)29-10-15-5-4-13(20(24)25)9-19(15)28-12-18-7-6-16(11-27-18)21(26)30;/h1-9,11,28H,10,12H2,(H3,24,25)(H2,26,30)(H,29,31);1H. The summed E-state index contributed by atoms with van der Waals surface area (Å²) in [6.07, 6.45) is 1.41. The highest BCUT2D eigenvalue weighted by Crippen LogP contribution is 2.19. The smallest absolute Gasteiger partial charge is 0.251 e. The fourth-order valence-corrected chi connectivity index (χ4v) is 3.02. The van der Waals surface area contributed by atoms with E-state index in [2.05, 4.69) is 15.6 Å². The Labute approximate surface area is 196 Å². The number of primary amides is 1. The van der Waals surface area contributed by atoms with Crippen LogP contribution in [0.25, 0.3) is 0 Å². The molecule has 0 spiro atoms. The molecule has 0 unspecified atom stereocenters. The lowest BCUT2D eigenvalue weighted by Gasteiger charge is -2.15. The molecule has 0 saturated carbocycles. The first kappa shape index (κ1) is 24.6.